The number of rotatable bonds is 5. The molecular formula is C26H24N4O5. The minimum atomic E-state index is -0.616. The van der Waals surface area contributed by atoms with Crippen LogP contribution in [0.1, 0.15) is 31.9 Å². The maximum Gasteiger partial charge on any atom is 0.412 e. The molecule has 0 aliphatic rings. The summed E-state index contributed by atoms with van der Waals surface area (Å²) in [5.74, 6) is -0.147. The second-order valence-corrected chi connectivity index (χ2v) is 8.84. The molecule has 0 spiro atoms. The predicted molar refractivity (Wildman–Crippen MR) is 135 cm³/mol. The van der Waals surface area contributed by atoms with Gasteiger partial charge in [0.15, 0.2) is 5.88 Å². The molecule has 0 aliphatic heterocycles. The lowest BCUT2D eigenvalue weighted by Crippen LogP contribution is -2.27. The van der Waals surface area contributed by atoms with Gasteiger partial charge in [-0.1, -0.05) is 30.3 Å². The molecule has 9 nitrogen and oxygen atoms in total. The number of anilines is 1. The van der Waals surface area contributed by atoms with Crippen LogP contribution in [0.3, 0.4) is 0 Å². The molecule has 4 aromatic rings. The van der Waals surface area contributed by atoms with Gasteiger partial charge in [0.1, 0.15) is 5.60 Å². The van der Waals surface area contributed by atoms with E-state index in [-0.39, 0.29) is 11.6 Å². The number of non-ortho nitro benzene ring substituents is 1. The third kappa shape index (κ3) is 5.47. The van der Waals surface area contributed by atoms with Crippen LogP contribution in [-0.2, 0) is 4.74 Å². The van der Waals surface area contributed by atoms with Crippen molar-refractivity contribution in [3.63, 3.8) is 0 Å². The van der Waals surface area contributed by atoms with Crippen LogP contribution in [0.2, 0.25) is 0 Å². The second kappa shape index (κ2) is 9.30. The van der Waals surface area contributed by atoms with Gasteiger partial charge in [-0.05, 0) is 51.1 Å². The number of fused-ring (bicyclic) bond motifs is 1. The van der Waals surface area contributed by atoms with Gasteiger partial charge >= 0.3 is 6.09 Å². The number of aromatic amines is 1. The van der Waals surface area contributed by atoms with E-state index in [0.29, 0.717) is 39.1 Å². The number of aliphatic imine (C=N–C) groups is 1. The fourth-order valence-corrected chi connectivity index (χ4v) is 3.55. The molecule has 0 aliphatic carbocycles. The van der Waals surface area contributed by atoms with Crippen molar-refractivity contribution in [3.8, 4) is 5.88 Å². The number of nitro benzene ring substituents is 1. The second-order valence-electron chi connectivity index (χ2n) is 8.84. The highest BCUT2D eigenvalue weighted by molar-refractivity contribution is 6.22. The van der Waals surface area contributed by atoms with Crippen LogP contribution in [0.5, 0.6) is 5.88 Å². The lowest BCUT2D eigenvalue weighted by Gasteiger charge is -2.19. The fourth-order valence-electron chi connectivity index (χ4n) is 3.55. The van der Waals surface area contributed by atoms with Crippen LogP contribution in [-0.4, -0.2) is 32.4 Å². The van der Waals surface area contributed by atoms with Crippen molar-refractivity contribution in [2.45, 2.75) is 26.4 Å². The van der Waals surface area contributed by atoms with Gasteiger partial charge < -0.3 is 14.8 Å². The van der Waals surface area contributed by atoms with Crippen LogP contribution in [0, 0.1) is 10.1 Å². The molecule has 0 saturated heterocycles. The first-order valence-electron chi connectivity index (χ1n) is 10.8. The number of amides is 1. The minimum absolute atomic E-state index is 0.0947. The number of hydrogen-bond donors (Lipinski definition) is 3. The SMILES string of the molecule is CC(C)(C)OC(=O)Nc1ccc(N=C(c2ccccc2)c2c(O)[nH]c3ccc([N+](=O)[O-])cc23)cc1. The summed E-state index contributed by atoms with van der Waals surface area (Å²) in [6.07, 6.45) is -0.566. The quantitative estimate of drug-likeness (QED) is 0.178. The number of ether oxygens (including phenoxy) is 1. The van der Waals surface area contributed by atoms with Crippen LogP contribution >= 0.6 is 0 Å². The van der Waals surface area contributed by atoms with Crippen LogP contribution in [0.4, 0.5) is 21.9 Å². The minimum Gasteiger partial charge on any atom is -0.494 e. The van der Waals surface area contributed by atoms with Crippen LogP contribution < -0.4 is 5.32 Å². The summed E-state index contributed by atoms with van der Waals surface area (Å²) in [6.45, 7) is 5.35. The topological polar surface area (TPSA) is 130 Å². The van der Waals surface area contributed by atoms with Gasteiger partial charge in [0.05, 0.1) is 21.9 Å². The molecule has 1 heterocycles. The maximum absolute atomic E-state index is 12.0. The summed E-state index contributed by atoms with van der Waals surface area (Å²) in [5.41, 5.74) is 2.42. The summed E-state index contributed by atoms with van der Waals surface area (Å²) in [5, 5.41) is 25.2. The third-order valence-corrected chi connectivity index (χ3v) is 5.01. The molecule has 3 N–H and O–H groups in total. The molecule has 0 fully saturated rings. The van der Waals surface area contributed by atoms with E-state index in [0.717, 1.165) is 0 Å². The van der Waals surface area contributed by atoms with E-state index >= 15 is 0 Å². The Bertz CT molecular complexity index is 1420. The Labute approximate surface area is 201 Å². The number of carbonyl (C=O) groups is 1. The molecule has 3 aromatic carbocycles. The molecule has 0 radical (unpaired) electrons. The van der Waals surface area contributed by atoms with Gasteiger partial charge in [-0.2, -0.15) is 0 Å². The van der Waals surface area contributed by atoms with Crippen molar-refractivity contribution < 1.29 is 19.6 Å². The number of aromatic hydroxyl groups is 1. The van der Waals surface area contributed by atoms with E-state index < -0.39 is 16.6 Å². The molecule has 35 heavy (non-hydrogen) atoms. The normalized spacial score (nSPS) is 11.9. The number of benzene rings is 3. The zero-order valence-electron chi connectivity index (χ0n) is 19.4. The van der Waals surface area contributed by atoms with E-state index in [1.165, 1.54) is 12.1 Å². The average Bonchev–Trinajstić information content (AvgIpc) is 3.12. The first-order chi connectivity index (χ1) is 16.6. The van der Waals surface area contributed by atoms with E-state index in [1.807, 2.05) is 30.3 Å². The summed E-state index contributed by atoms with van der Waals surface area (Å²) < 4.78 is 5.27. The molecule has 9 heteroatoms. The Morgan fingerprint density at radius 1 is 1.06 bits per heavy atom. The van der Waals surface area contributed by atoms with Crippen molar-refractivity contribution in [3.05, 3.63) is 94.0 Å². The molecule has 1 aromatic heterocycles. The van der Waals surface area contributed by atoms with Gasteiger partial charge in [-0.25, -0.2) is 9.79 Å². The number of nitrogens with zero attached hydrogens (tertiary/aromatic N) is 2. The Kier molecular flexibility index (Phi) is 6.24. The van der Waals surface area contributed by atoms with Gasteiger partial charge in [-0.3, -0.25) is 15.4 Å². The Balaban J connectivity index is 1.76. The molecular weight excluding hydrogens is 448 g/mol. The number of nitro groups is 1. The summed E-state index contributed by atoms with van der Waals surface area (Å²) in [6, 6.07) is 20.4. The molecule has 1 amide bonds. The fraction of sp³-hybridized carbons (Fsp3) is 0.154. The Morgan fingerprint density at radius 3 is 2.37 bits per heavy atom. The zero-order valence-corrected chi connectivity index (χ0v) is 19.4. The smallest absolute Gasteiger partial charge is 0.412 e. The summed E-state index contributed by atoms with van der Waals surface area (Å²) in [7, 11) is 0. The van der Waals surface area contributed by atoms with Crippen molar-refractivity contribution in [1.29, 1.82) is 0 Å². The van der Waals surface area contributed by atoms with Gasteiger partial charge in [-0.15, -0.1) is 0 Å². The van der Waals surface area contributed by atoms with E-state index in [9.17, 15) is 20.0 Å². The molecule has 178 valence electrons. The number of aromatic nitrogens is 1. The zero-order chi connectivity index (χ0) is 25.2. The highest BCUT2D eigenvalue weighted by atomic mass is 16.6. The first-order valence-corrected chi connectivity index (χ1v) is 10.8. The lowest BCUT2D eigenvalue weighted by molar-refractivity contribution is -0.384. The number of hydrogen-bond acceptors (Lipinski definition) is 6. The Hall–Kier alpha value is -4.66. The first kappa shape index (κ1) is 23.5. The lowest BCUT2D eigenvalue weighted by atomic mass is 10.0. The number of carbonyl (C=O) groups excluding carboxylic acids is 1. The number of H-pyrrole nitrogens is 1. The van der Waals surface area contributed by atoms with Gasteiger partial charge in [0.25, 0.3) is 5.69 Å². The molecule has 0 unspecified atom stereocenters. The largest absolute Gasteiger partial charge is 0.494 e. The number of nitrogens with one attached hydrogen (secondary N) is 2. The molecule has 0 saturated carbocycles. The summed E-state index contributed by atoms with van der Waals surface area (Å²) >= 11 is 0. The van der Waals surface area contributed by atoms with Gasteiger partial charge in [0.2, 0.25) is 0 Å². The predicted octanol–water partition coefficient (Wildman–Crippen LogP) is 6.30. The third-order valence-electron chi connectivity index (χ3n) is 5.01. The highest BCUT2D eigenvalue weighted by Crippen LogP contribution is 2.33. The van der Waals surface area contributed by atoms with Crippen molar-refractivity contribution in [2.75, 3.05) is 5.32 Å². The summed E-state index contributed by atoms with van der Waals surface area (Å²) in [4.78, 5) is 30.5. The standard InChI is InChI=1S/C26H24N4O5/c1-26(2,3)35-25(32)28-18-11-9-17(10-12-18)27-23(16-7-5-4-6-8-16)22-20-15-19(30(33)34)13-14-21(20)29-24(22)31/h4-15,29,31H,1-3H3,(H,28,32). The van der Waals surface area contributed by atoms with E-state index in [4.69, 9.17) is 9.73 Å². The van der Waals surface area contributed by atoms with Crippen LogP contribution in [0.15, 0.2) is 77.8 Å². The van der Waals surface area contributed by atoms with E-state index in [1.54, 1.807) is 51.1 Å². The van der Waals surface area contributed by atoms with Crippen molar-refractivity contribution >= 4 is 39.8 Å². The maximum atomic E-state index is 12.0. The van der Waals surface area contributed by atoms with Crippen molar-refractivity contribution in [2.24, 2.45) is 4.99 Å². The highest BCUT2D eigenvalue weighted by Gasteiger charge is 2.21. The molecule has 0 atom stereocenters. The van der Waals surface area contributed by atoms with Gasteiger partial charge in [0, 0.05) is 34.3 Å². The van der Waals surface area contributed by atoms with E-state index in [2.05, 4.69) is 10.3 Å². The Morgan fingerprint density at radius 2 is 1.74 bits per heavy atom. The average molecular weight is 473 g/mol. The molecule has 0 bridgehead atoms. The molecule has 4 rings (SSSR count). The monoisotopic (exact) mass is 472 g/mol. The van der Waals surface area contributed by atoms with Crippen molar-refractivity contribution in [1.82, 2.24) is 4.98 Å². The van der Waals surface area contributed by atoms with Crippen LogP contribution in [0.25, 0.3) is 10.9 Å².